The van der Waals surface area contributed by atoms with E-state index >= 15 is 0 Å². The number of nitrogens with two attached hydrogens (primary N) is 1. The largest absolute Gasteiger partial charge is 0.409 e. The molecule has 1 saturated carbocycles. The molecule has 86 valence electrons. The Bertz CT molecular complexity index is 261. The van der Waals surface area contributed by atoms with Crippen molar-refractivity contribution in [2.24, 2.45) is 16.8 Å². The third-order valence-electron chi connectivity index (χ3n) is 3.10. The molecule has 0 spiro atoms. The van der Waals surface area contributed by atoms with Gasteiger partial charge in [0.25, 0.3) is 0 Å². The second-order valence-corrected chi connectivity index (χ2v) is 4.22. The summed E-state index contributed by atoms with van der Waals surface area (Å²) in [5.74, 6) is 0.542. The van der Waals surface area contributed by atoms with E-state index in [0.29, 0.717) is 6.42 Å². The molecule has 1 unspecified atom stereocenters. The van der Waals surface area contributed by atoms with Crippen molar-refractivity contribution in [2.75, 3.05) is 7.05 Å². The number of rotatable bonds is 4. The first-order valence-corrected chi connectivity index (χ1v) is 5.29. The van der Waals surface area contributed by atoms with Crippen LogP contribution in [-0.2, 0) is 4.79 Å². The standard InChI is InChI=1S/C10H19N3O2/c1-7(6-9(11)12-15)13(2)10(14)8-4-3-5-8/h7-8,15H,3-6H2,1-2H3,(H2,11,12). The van der Waals surface area contributed by atoms with Crippen molar-refractivity contribution in [3.8, 4) is 0 Å². The monoisotopic (exact) mass is 213 g/mol. The molecule has 0 saturated heterocycles. The molecule has 0 heterocycles. The highest BCUT2D eigenvalue weighted by Gasteiger charge is 2.29. The quantitative estimate of drug-likeness (QED) is 0.313. The van der Waals surface area contributed by atoms with Gasteiger partial charge in [-0.05, 0) is 19.8 Å². The van der Waals surface area contributed by atoms with Crippen molar-refractivity contribution in [3.05, 3.63) is 0 Å². The first-order valence-electron chi connectivity index (χ1n) is 5.29. The lowest BCUT2D eigenvalue weighted by Gasteiger charge is -2.32. The molecule has 0 aromatic carbocycles. The smallest absolute Gasteiger partial charge is 0.225 e. The van der Waals surface area contributed by atoms with Gasteiger partial charge in [0, 0.05) is 25.4 Å². The summed E-state index contributed by atoms with van der Waals surface area (Å²) in [6.45, 7) is 1.90. The maximum absolute atomic E-state index is 11.8. The number of amidine groups is 1. The molecule has 0 radical (unpaired) electrons. The summed E-state index contributed by atoms with van der Waals surface area (Å²) < 4.78 is 0. The lowest BCUT2D eigenvalue weighted by atomic mass is 9.84. The number of nitrogens with zero attached hydrogens (tertiary/aromatic N) is 2. The fraction of sp³-hybridized carbons (Fsp3) is 0.800. The average molecular weight is 213 g/mol. The number of amides is 1. The van der Waals surface area contributed by atoms with E-state index in [2.05, 4.69) is 5.16 Å². The van der Waals surface area contributed by atoms with Crippen molar-refractivity contribution in [1.82, 2.24) is 4.90 Å². The fourth-order valence-corrected chi connectivity index (χ4v) is 1.64. The summed E-state index contributed by atoms with van der Waals surface area (Å²) in [6.07, 6.45) is 3.56. The van der Waals surface area contributed by atoms with Gasteiger partial charge in [0.2, 0.25) is 5.91 Å². The Kier molecular flexibility index (Phi) is 3.94. The van der Waals surface area contributed by atoms with Crippen LogP contribution in [0, 0.1) is 5.92 Å². The van der Waals surface area contributed by atoms with Crippen molar-refractivity contribution in [1.29, 1.82) is 0 Å². The van der Waals surface area contributed by atoms with Gasteiger partial charge in [-0.2, -0.15) is 0 Å². The molecule has 5 nitrogen and oxygen atoms in total. The molecule has 0 aromatic heterocycles. The minimum Gasteiger partial charge on any atom is -0.409 e. The zero-order chi connectivity index (χ0) is 11.4. The van der Waals surface area contributed by atoms with E-state index in [1.807, 2.05) is 6.92 Å². The second-order valence-electron chi connectivity index (χ2n) is 4.22. The van der Waals surface area contributed by atoms with Crippen molar-refractivity contribution >= 4 is 11.7 Å². The lowest BCUT2D eigenvalue weighted by Crippen LogP contribution is -2.42. The van der Waals surface area contributed by atoms with Crippen LogP contribution < -0.4 is 5.73 Å². The van der Waals surface area contributed by atoms with Gasteiger partial charge in [-0.1, -0.05) is 11.6 Å². The van der Waals surface area contributed by atoms with Crippen LogP contribution in [0.1, 0.15) is 32.6 Å². The molecule has 0 aliphatic heterocycles. The molecular formula is C10H19N3O2. The van der Waals surface area contributed by atoms with Gasteiger partial charge >= 0.3 is 0 Å². The molecule has 1 atom stereocenters. The van der Waals surface area contributed by atoms with Gasteiger partial charge in [0.1, 0.15) is 5.84 Å². The van der Waals surface area contributed by atoms with E-state index in [-0.39, 0.29) is 23.7 Å². The first-order chi connectivity index (χ1) is 7.06. The van der Waals surface area contributed by atoms with E-state index in [9.17, 15) is 4.79 Å². The van der Waals surface area contributed by atoms with Crippen LogP contribution in [0.2, 0.25) is 0 Å². The number of hydrogen-bond acceptors (Lipinski definition) is 3. The van der Waals surface area contributed by atoms with E-state index < -0.39 is 0 Å². The highest BCUT2D eigenvalue weighted by molar-refractivity contribution is 5.83. The molecule has 15 heavy (non-hydrogen) atoms. The van der Waals surface area contributed by atoms with Crippen molar-refractivity contribution in [2.45, 2.75) is 38.6 Å². The highest BCUT2D eigenvalue weighted by Crippen LogP contribution is 2.28. The topological polar surface area (TPSA) is 78.9 Å². The summed E-state index contributed by atoms with van der Waals surface area (Å²) >= 11 is 0. The van der Waals surface area contributed by atoms with Crippen LogP contribution in [0.25, 0.3) is 0 Å². The summed E-state index contributed by atoms with van der Waals surface area (Å²) in [7, 11) is 1.77. The first kappa shape index (κ1) is 11.8. The maximum Gasteiger partial charge on any atom is 0.225 e. The minimum atomic E-state index is -0.0194. The van der Waals surface area contributed by atoms with E-state index in [1.54, 1.807) is 11.9 Å². The second kappa shape index (κ2) is 5.00. The molecule has 1 aliphatic carbocycles. The Hall–Kier alpha value is -1.26. The number of carbonyl (C=O) groups is 1. The van der Waals surface area contributed by atoms with E-state index in [4.69, 9.17) is 10.9 Å². The highest BCUT2D eigenvalue weighted by atomic mass is 16.4. The number of carbonyl (C=O) groups excluding carboxylic acids is 1. The molecule has 1 aliphatic rings. The predicted molar refractivity (Wildman–Crippen MR) is 57.6 cm³/mol. The fourth-order valence-electron chi connectivity index (χ4n) is 1.64. The molecule has 1 fully saturated rings. The normalized spacial score (nSPS) is 19.5. The SMILES string of the molecule is CC(CC(N)=NO)N(C)C(=O)C1CCC1. The molecule has 1 rings (SSSR count). The van der Waals surface area contributed by atoms with Crippen molar-refractivity contribution < 1.29 is 10.0 Å². The minimum absolute atomic E-state index is 0.0194. The van der Waals surface area contributed by atoms with Crippen molar-refractivity contribution in [3.63, 3.8) is 0 Å². The molecule has 0 aromatic rings. The maximum atomic E-state index is 11.8. The Labute approximate surface area is 89.9 Å². The van der Waals surface area contributed by atoms with E-state index in [0.717, 1.165) is 19.3 Å². The summed E-state index contributed by atoms with van der Waals surface area (Å²) in [5, 5.41) is 11.3. The Morgan fingerprint density at radius 3 is 2.67 bits per heavy atom. The Morgan fingerprint density at radius 2 is 2.27 bits per heavy atom. The van der Waals surface area contributed by atoms with Gasteiger partial charge in [0.15, 0.2) is 0 Å². The van der Waals surface area contributed by atoms with Crippen LogP contribution in [0.3, 0.4) is 0 Å². The number of oxime groups is 1. The van der Waals surface area contributed by atoms with Gasteiger partial charge in [-0.25, -0.2) is 0 Å². The van der Waals surface area contributed by atoms with E-state index in [1.165, 1.54) is 0 Å². The molecule has 0 bridgehead atoms. The third-order valence-corrected chi connectivity index (χ3v) is 3.10. The lowest BCUT2D eigenvalue weighted by molar-refractivity contribution is -0.138. The summed E-state index contributed by atoms with van der Waals surface area (Å²) in [4.78, 5) is 13.5. The van der Waals surface area contributed by atoms with Gasteiger partial charge in [0.05, 0.1) is 0 Å². The molecule has 3 N–H and O–H groups in total. The predicted octanol–water partition coefficient (Wildman–Crippen LogP) is 0.770. The van der Waals surface area contributed by atoms with Crippen LogP contribution in [0.5, 0.6) is 0 Å². The van der Waals surface area contributed by atoms with Crippen LogP contribution >= 0.6 is 0 Å². The Balaban J connectivity index is 2.43. The molecular weight excluding hydrogens is 194 g/mol. The molecule has 5 heteroatoms. The van der Waals surface area contributed by atoms with Crippen LogP contribution in [-0.4, -0.2) is 34.9 Å². The van der Waals surface area contributed by atoms with Gasteiger partial charge < -0.3 is 15.8 Å². The zero-order valence-electron chi connectivity index (χ0n) is 9.31. The zero-order valence-corrected chi connectivity index (χ0v) is 9.31. The number of hydrogen-bond donors (Lipinski definition) is 2. The Morgan fingerprint density at radius 1 is 1.67 bits per heavy atom. The van der Waals surface area contributed by atoms with Crippen LogP contribution in [0.4, 0.5) is 0 Å². The molecule has 1 amide bonds. The average Bonchev–Trinajstić information content (AvgIpc) is 2.13. The van der Waals surface area contributed by atoms with Crippen LogP contribution in [0.15, 0.2) is 5.16 Å². The van der Waals surface area contributed by atoms with Gasteiger partial charge in [-0.15, -0.1) is 0 Å². The van der Waals surface area contributed by atoms with Gasteiger partial charge in [-0.3, -0.25) is 4.79 Å². The third kappa shape index (κ3) is 2.84. The summed E-state index contributed by atoms with van der Waals surface area (Å²) in [6, 6.07) is -0.0194. The summed E-state index contributed by atoms with van der Waals surface area (Å²) in [5.41, 5.74) is 5.40.